The van der Waals surface area contributed by atoms with Crippen molar-refractivity contribution < 1.29 is 9.32 Å². The number of aromatic nitrogens is 2. The van der Waals surface area contributed by atoms with Gasteiger partial charge in [-0.05, 0) is 48.2 Å². The first-order valence-corrected chi connectivity index (χ1v) is 9.44. The van der Waals surface area contributed by atoms with E-state index in [9.17, 15) is 4.79 Å². The summed E-state index contributed by atoms with van der Waals surface area (Å²) < 4.78 is 5.42. The molecule has 1 aliphatic carbocycles. The van der Waals surface area contributed by atoms with Crippen molar-refractivity contribution in [3.8, 4) is 17.5 Å². The van der Waals surface area contributed by atoms with Crippen molar-refractivity contribution in [2.24, 2.45) is 0 Å². The van der Waals surface area contributed by atoms with Crippen molar-refractivity contribution in [2.45, 2.75) is 31.2 Å². The minimum Gasteiger partial charge on any atom is -0.335 e. The Labute approximate surface area is 162 Å². The van der Waals surface area contributed by atoms with Crippen molar-refractivity contribution in [2.75, 3.05) is 6.54 Å². The van der Waals surface area contributed by atoms with E-state index in [2.05, 4.69) is 34.4 Å². The van der Waals surface area contributed by atoms with E-state index in [-0.39, 0.29) is 17.9 Å². The third-order valence-electron chi connectivity index (χ3n) is 5.70. The van der Waals surface area contributed by atoms with E-state index in [4.69, 9.17) is 9.78 Å². The van der Waals surface area contributed by atoms with Crippen LogP contribution in [0.25, 0.3) is 11.5 Å². The van der Waals surface area contributed by atoms with Gasteiger partial charge in [-0.15, -0.1) is 0 Å². The topological polar surface area (TPSA) is 83.0 Å². The molecule has 1 fully saturated rings. The van der Waals surface area contributed by atoms with Crippen molar-refractivity contribution in [3.05, 3.63) is 71.0 Å². The summed E-state index contributed by atoms with van der Waals surface area (Å²) in [5.41, 5.74) is 3.95. The van der Waals surface area contributed by atoms with Crippen LogP contribution in [-0.2, 0) is 11.2 Å². The van der Waals surface area contributed by atoms with Crippen LogP contribution in [0.5, 0.6) is 0 Å². The van der Waals surface area contributed by atoms with E-state index in [0.717, 1.165) is 18.4 Å². The Morgan fingerprint density at radius 2 is 1.96 bits per heavy atom. The van der Waals surface area contributed by atoms with Gasteiger partial charge in [-0.25, -0.2) is 0 Å². The van der Waals surface area contributed by atoms with Crippen LogP contribution < -0.4 is 0 Å². The molecule has 2 heterocycles. The lowest BCUT2D eigenvalue weighted by atomic mass is 10.1. The van der Waals surface area contributed by atoms with E-state index < -0.39 is 0 Å². The molecule has 2 unspecified atom stereocenters. The van der Waals surface area contributed by atoms with Crippen molar-refractivity contribution in [1.82, 2.24) is 15.0 Å². The molecule has 0 bridgehead atoms. The van der Waals surface area contributed by atoms with Gasteiger partial charge in [0.1, 0.15) is 0 Å². The molecule has 1 aliphatic heterocycles. The van der Waals surface area contributed by atoms with Crippen LogP contribution in [0.15, 0.2) is 53.1 Å². The van der Waals surface area contributed by atoms with Gasteiger partial charge in [0.2, 0.25) is 5.91 Å². The number of fused-ring (bicyclic) bond motifs is 1. The van der Waals surface area contributed by atoms with Gasteiger partial charge in [0.15, 0.2) is 5.82 Å². The highest BCUT2D eigenvalue weighted by molar-refractivity contribution is 5.80. The quantitative estimate of drug-likeness (QED) is 0.703. The summed E-state index contributed by atoms with van der Waals surface area (Å²) in [6, 6.07) is 17.6. The maximum absolute atomic E-state index is 12.7. The number of aryl methyl sites for hydroxylation is 1. The van der Waals surface area contributed by atoms with E-state index in [0.29, 0.717) is 30.2 Å². The van der Waals surface area contributed by atoms with Crippen LogP contribution in [0.3, 0.4) is 0 Å². The molecule has 0 saturated carbocycles. The normalized spacial score (nSPS) is 21.0. The summed E-state index contributed by atoms with van der Waals surface area (Å²) in [4.78, 5) is 19.2. The highest BCUT2D eigenvalue weighted by Gasteiger charge is 2.39. The zero-order valence-electron chi connectivity index (χ0n) is 15.2. The lowest BCUT2D eigenvalue weighted by Gasteiger charge is -2.25. The molecule has 0 spiro atoms. The fourth-order valence-electron chi connectivity index (χ4n) is 4.27. The van der Waals surface area contributed by atoms with E-state index in [1.54, 1.807) is 24.3 Å². The third-order valence-corrected chi connectivity index (χ3v) is 5.70. The van der Waals surface area contributed by atoms with Gasteiger partial charge < -0.3 is 9.42 Å². The van der Waals surface area contributed by atoms with Crippen LogP contribution in [0, 0.1) is 11.3 Å². The first-order valence-electron chi connectivity index (χ1n) is 9.44. The predicted molar refractivity (Wildman–Crippen MR) is 101 cm³/mol. The molecule has 0 radical (unpaired) electrons. The van der Waals surface area contributed by atoms with Crippen LogP contribution in [0.2, 0.25) is 0 Å². The molecule has 1 amide bonds. The lowest BCUT2D eigenvalue weighted by molar-refractivity contribution is -0.129. The maximum Gasteiger partial charge on any atom is 0.257 e. The molecule has 6 heteroatoms. The molecule has 0 N–H and O–H groups in total. The second kappa shape index (κ2) is 6.61. The van der Waals surface area contributed by atoms with Crippen LogP contribution >= 0.6 is 0 Å². The highest BCUT2D eigenvalue weighted by atomic mass is 16.5. The predicted octanol–water partition coefficient (Wildman–Crippen LogP) is 3.61. The summed E-state index contributed by atoms with van der Waals surface area (Å²) >= 11 is 0. The number of likely N-dealkylation sites (tertiary alicyclic amines) is 1. The largest absolute Gasteiger partial charge is 0.335 e. The van der Waals surface area contributed by atoms with E-state index in [1.165, 1.54) is 11.1 Å². The van der Waals surface area contributed by atoms with Crippen molar-refractivity contribution in [3.63, 3.8) is 0 Å². The van der Waals surface area contributed by atoms with E-state index >= 15 is 0 Å². The minimum absolute atomic E-state index is 0.0591. The number of amides is 1. The zero-order chi connectivity index (χ0) is 19.1. The molecule has 28 heavy (non-hydrogen) atoms. The number of nitrogens with zero attached hydrogens (tertiary/aromatic N) is 4. The summed E-state index contributed by atoms with van der Waals surface area (Å²) in [6.07, 6.45) is 2.39. The fraction of sp³-hybridized carbons (Fsp3) is 0.273. The first kappa shape index (κ1) is 16.7. The number of hydrogen-bond donors (Lipinski definition) is 0. The second-order valence-electron chi connectivity index (χ2n) is 7.35. The average Bonchev–Trinajstić information content (AvgIpc) is 3.46. The molecule has 5 rings (SSSR count). The van der Waals surface area contributed by atoms with Crippen LogP contribution in [-0.4, -0.2) is 27.5 Å². The molecule has 3 aromatic rings. The number of carbonyl (C=O) groups excluding carboxylic acids is 1. The number of nitriles is 1. The molecule has 1 saturated heterocycles. The molecular formula is C22H18N4O2. The Bertz CT molecular complexity index is 1080. The monoisotopic (exact) mass is 370 g/mol. The Morgan fingerprint density at radius 1 is 1.14 bits per heavy atom. The summed E-state index contributed by atoms with van der Waals surface area (Å²) in [7, 11) is 0. The smallest absolute Gasteiger partial charge is 0.257 e. The van der Waals surface area contributed by atoms with Gasteiger partial charge in [-0.3, -0.25) is 4.79 Å². The summed E-state index contributed by atoms with van der Waals surface area (Å²) in [5, 5.41) is 13.0. The van der Waals surface area contributed by atoms with Gasteiger partial charge >= 0.3 is 0 Å². The highest BCUT2D eigenvalue weighted by Crippen LogP contribution is 2.40. The van der Waals surface area contributed by atoms with Gasteiger partial charge in [0, 0.05) is 24.4 Å². The number of carbonyl (C=O) groups is 1. The lowest BCUT2D eigenvalue weighted by Crippen LogP contribution is -2.28. The fourth-order valence-corrected chi connectivity index (χ4v) is 4.27. The van der Waals surface area contributed by atoms with Crippen LogP contribution in [0.4, 0.5) is 0 Å². The first-order chi connectivity index (χ1) is 13.7. The number of hydrogen-bond acceptors (Lipinski definition) is 5. The van der Waals surface area contributed by atoms with Crippen molar-refractivity contribution >= 4 is 5.91 Å². The average molecular weight is 370 g/mol. The maximum atomic E-state index is 12.7. The SMILES string of the molecule is N#Cc1ccc(-c2nc(C3CC(=O)N(C4CCc5ccccc54)C3)no2)cc1. The molecule has 2 atom stereocenters. The minimum atomic E-state index is -0.0591. The van der Waals surface area contributed by atoms with Gasteiger partial charge in [0.05, 0.1) is 17.7 Å². The van der Waals surface area contributed by atoms with Gasteiger partial charge in [0.25, 0.3) is 5.89 Å². The third kappa shape index (κ3) is 2.76. The van der Waals surface area contributed by atoms with Gasteiger partial charge in [-0.2, -0.15) is 10.2 Å². The molecule has 138 valence electrons. The van der Waals surface area contributed by atoms with Crippen molar-refractivity contribution in [1.29, 1.82) is 5.26 Å². The Morgan fingerprint density at radius 3 is 2.79 bits per heavy atom. The Kier molecular flexibility index (Phi) is 3.94. The molecule has 6 nitrogen and oxygen atoms in total. The summed E-state index contributed by atoms with van der Waals surface area (Å²) in [6.45, 7) is 0.615. The van der Waals surface area contributed by atoms with Crippen LogP contribution in [0.1, 0.15) is 47.3 Å². The summed E-state index contributed by atoms with van der Waals surface area (Å²) in [5.74, 6) is 1.07. The second-order valence-corrected chi connectivity index (χ2v) is 7.35. The Balaban J connectivity index is 1.35. The standard InChI is InChI=1S/C22H18N4O2/c23-12-14-5-7-16(8-6-14)22-24-21(25-28-22)17-11-20(27)26(13-17)19-10-9-15-3-1-2-4-18(15)19/h1-8,17,19H,9-11,13H2. The molecule has 2 aliphatic rings. The molecular weight excluding hydrogens is 352 g/mol. The Hall–Kier alpha value is -3.46. The zero-order valence-corrected chi connectivity index (χ0v) is 15.2. The molecule has 1 aromatic heterocycles. The molecule has 2 aromatic carbocycles. The number of rotatable bonds is 3. The van der Waals surface area contributed by atoms with Gasteiger partial charge in [-0.1, -0.05) is 29.4 Å². The number of benzene rings is 2. The van der Waals surface area contributed by atoms with E-state index in [1.807, 2.05) is 11.0 Å².